The number of hydrogen-bond acceptors (Lipinski definition) is 4. The molecule has 3 aromatic carbocycles. The Morgan fingerprint density at radius 3 is 2.09 bits per heavy atom. The highest BCUT2D eigenvalue weighted by Crippen LogP contribution is 2.38. The van der Waals surface area contributed by atoms with Gasteiger partial charge in [0.15, 0.2) is 0 Å². The molecule has 7 nitrogen and oxygen atoms in total. The van der Waals surface area contributed by atoms with Crippen LogP contribution < -0.4 is 15.5 Å². The van der Waals surface area contributed by atoms with E-state index in [1.54, 1.807) is 42.9 Å². The van der Waals surface area contributed by atoms with Crippen molar-refractivity contribution < 1.29 is 9.59 Å². The Balaban J connectivity index is 1.67. The Labute approximate surface area is 197 Å². The molecule has 1 aromatic heterocycles. The van der Waals surface area contributed by atoms with Gasteiger partial charge >= 0.3 is 5.69 Å². The molecule has 0 N–H and O–H groups in total. The fourth-order valence-electron chi connectivity index (χ4n) is 5.12. The van der Waals surface area contributed by atoms with Crippen molar-refractivity contribution in [2.75, 3.05) is 22.9 Å². The monoisotopic (exact) mass is 456 g/mol. The van der Waals surface area contributed by atoms with Crippen LogP contribution in [0, 0.1) is 0 Å². The lowest BCUT2D eigenvalue weighted by Crippen LogP contribution is -2.40. The Morgan fingerprint density at radius 2 is 1.41 bits per heavy atom. The average molecular weight is 457 g/mol. The van der Waals surface area contributed by atoms with Crippen LogP contribution >= 0.6 is 0 Å². The fourth-order valence-corrected chi connectivity index (χ4v) is 5.12. The summed E-state index contributed by atoms with van der Waals surface area (Å²) < 4.78 is 3.07. The predicted molar refractivity (Wildman–Crippen MR) is 136 cm³/mol. The van der Waals surface area contributed by atoms with Crippen LogP contribution in [-0.2, 0) is 14.1 Å². The first-order valence-electron chi connectivity index (χ1n) is 11.7. The van der Waals surface area contributed by atoms with Crippen molar-refractivity contribution in [3.8, 4) is 0 Å². The smallest absolute Gasteiger partial charge is 0.328 e. The van der Waals surface area contributed by atoms with E-state index in [1.165, 1.54) is 9.47 Å². The van der Waals surface area contributed by atoms with Crippen molar-refractivity contribution >= 4 is 45.0 Å². The number of hydrogen-bond donors (Lipinski definition) is 0. The van der Waals surface area contributed by atoms with Crippen molar-refractivity contribution in [2.24, 2.45) is 14.1 Å². The Hall–Kier alpha value is -3.87. The van der Waals surface area contributed by atoms with Gasteiger partial charge in [-0.25, -0.2) is 9.69 Å². The molecule has 34 heavy (non-hydrogen) atoms. The van der Waals surface area contributed by atoms with Gasteiger partial charge in [0.25, 0.3) is 11.8 Å². The summed E-state index contributed by atoms with van der Waals surface area (Å²) >= 11 is 0. The molecule has 0 spiro atoms. The molecule has 0 aliphatic carbocycles. The molecule has 0 atom stereocenters. The van der Waals surface area contributed by atoms with Crippen LogP contribution in [0.1, 0.15) is 47.4 Å². The van der Waals surface area contributed by atoms with Crippen LogP contribution in [0.25, 0.3) is 21.8 Å². The minimum absolute atomic E-state index is 0.158. The van der Waals surface area contributed by atoms with Crippen LogP contribution in [0.4, 0.5) is 11.4 Å². The van der Waals surface area contributed by atoms with E-state index >= 15 is 0 Å². The molecule has 0 unspecified atom stereocenters. The molecule has 2 heterocycles. The summed E-state index contributed by atoms with van der Waals surface area (Å²) in [5, 5.41) is 1.65. The number of benzene rings is 3. The van der Waals surface area contributed by atoms with Gasteiger partial charge in [0.1, 0.15) is 0 Å². The highest BCUT2D eigenvalue weighted by molar-refractivity contribution is 6.36. The van der Waals surface area contributed by atoms with E-state index in [9.17, 15) is 14.4 Å². The zero-order chi connectivity index (χ0) is 24.1. The van der Waals surface area contributed by atoms with Crippen LogP contribution in [0.2, 0.25) is 0 Å². The van der Waals surface area contributed by atoms with Gasteiger partial charge in [0, 0.05) is 54.8 Å². The van der Waals surface area contributed by atoms with Gasteiger partial charge in [-0.2, -0.15) is 0 Å². The number of imide groups is 1. The standard InChI is InChI=1S/C27H28N4O3/c1-5-14-30(15-6-2)21-13-11-20-24-18(21)8-7-9-19(24)25(32)31(26(20)33)17-10-12-22-23(16-17)29(4)27(34)28(22)3/h7-13,16H,5-6,14-15H2,1-4H3. The first kappa shape index (κ1) is 21.9. The van der Waals surface area contributed by atoms with Crippen molar-refractivity contribution in [3.05, 3.63) is 70.1 Å². The van der Waals surface area contributed by atoms with Crippen LogP contribution in [0.5, 0.6) is 0 Å². The van der Waals surface area contributed by atoms with Gasteiger partial charge in [-0.05, 0) is 49.2 Å². The summed E-state index contributed by atoms with van der Waals surface area (Å²) in [5.41, 5.74) is 3.79. The molecule has 7 heteroatoms. The van der Waals surface area contributed by atoms with Gasteiger partial charge in [-0.3, -0.25) is 18.7 Å². The number of rotatable bonds is 6. The van der Waals surface area contributed by atoms with Crippen molar-refractivity contribution in [1.82, 2.24) is 9.13 Å². The van der Waals surface area contributed by atoms with E-state index in [-0.39, 0.29) is 17.5 Å². The molecule has 4 aromatic rings. The largest absolute Gasteiger partial charge is 0.371 e. The zero-order valence-corrected chi connectivity index (χ0v) is 20.0. The highest BCUT2D eigenvalue weighted by Gasteiger charge is 2.35. The van der Waals surface area contributed by atoms with E-state index in [2.05, 4.69) is 18.7 Å². The van der Waals surface area contributed by atoms with Crippen LogP contribution in [0.3, 0.4) is 0 Å². The Morgan fingerprint density at radius 1 is 0.765 bits per heavy atom. The number of aryl methyl sites for hydroxylation is 2. The molecule has 1 aliphatic rings. The number of anilines is 2. The maximum Gasteiger partial charge on any atom is 0.328 e. The van der Waals surface area contributed by atoms with Gasteiger partial charge in [-0.1, -0.05) is 26.0 Å². The van der Waals surface area contributed by atoms with E-state index in [1.807, 2.05) is 24.3 Å². The van der Waals surface area contributed by atoms with Gasteiger partial charge in [0.2, 0.25) is 0 Å². The number of fused-ring (bicyclic) bond motifs is 1. The first-order valence-corrected chi connectivity index (χ1v) is 11.7. The number of imidazole rings is 1. The maximum atomic E-state index is 13.7. The summed E-state index contributed by atoms with van der Waals surface area (Å²) in [4.78, 5) is 43.2. The van der Waals surface area contributed by atoms with Crippen LogP contribution in [0.15, 0.2) is 53.3 Å². The third-order valence-corrected chi connectivity index (χ3v) is 6.73. The minimum atomic E-state index is -0.349. The molecule has 0 saturated carbocycles. The average Bonchev–Trinajstić information content (AvgIpc) is 3.06. The van der Waals surface area contributed by atoms with Crippen molar-refractivity contribution in [2.45, 2.75) is 26.7 Å². The number of nitrogens with zero attached hydrogens (tertiary/aromatic N) is 4. The molecule has 1 aliphatic heterocycles. The van der Waals surface area contributed by atoms with Gasteiger partial charge < -0.3 is 4.90 Å². The summed E-state index contributed by atoms with van der Waals surface area (Å²) in [7, 11) is 3.39. The quantitative estimate of drug-likeness (QED) is 0.402. The van der Waals surface area contributed by atoms with E-state index in [4.69, 9.17) is 0 Å². The molecule has 0 saturated heterocycles. The second kappa shape index (κ2) is 8.17. The highest BCUT2D eigenvalue weighted by atomic mass is 16.2. The van der Waals surface area contributed by atoms with Crippen LogP contribution in [-0.4, -0.2) is 34.0 Å². The van der Waals surface area contributed by atoms with Gasteiger partial charge in [0.05, 0.1) is 16.7 Å². The topological polar surface area (TPSA) is 67.6 Å². The third kappa shape index (κ3) is 3.07. The molecular weight excluding hydrogens is 428 g/mol. The molecule has 0 bridgehead atoms. The second-order valence-electron chi connectivity index (χ2n) is 8.87. The van der Waals surface area contributed by atoms with Crippen molar-refractivity contribution in [3.63, 3.8) is 0 Å². The Bertz CT molecular complexity index is 1500. The SMILES string of the molecule is CCCN(CCC)c1ccc2c3c(cccc13)C(=O)N(c1ccc3c(c1)n(C)c(=O)n3C)C2=O. The van der Waals surface area contributed by atoms with E-state index in [0.717, 1.165) is 47.9 Å². The van der Waals surface area contributed by atoms with E-state index in [0.29, 0.717) is 22.3 Å². The number of amides is 2. The molecule has 174 valence electrons. The second-order valence-corrected chi connectivity index (χ2v) is 8.87. The number of carbonyl (C=O) groups excluding carboxylic acids is 2. The lowest BCUT2D eigenvalue weighted by Gasteiger charge is -2.30. The Kier molecular flexibility index (Phi) is 5.27. The summed E-state index contributed by atoms with van der Waals surface area (Å²) in [6.07, 6.45) is 2.03. The fraction of sp³-hybridized carbons (Fsp3) is 0.296. The molecule has 0 fully saturated rings. The maximum absolute atomic E-state index is 13.7. The molecule has 2 amide bonds. The number of aromatic nitrogens is 2. The summed E-state index contributed by atoms with van der Waals surface area (Å²) in [6, 6.07) is 14.8. The lowest BCUT2D eigenvalue weighted by molar-refractivity contribution is 0.0893. The normalized spacial score (nSPS) is 13.4. The predicted octanol–water partition coefficient (Wildman–Crippen LogP) is 4.46. The summed E-state index contributed by atoms with van der Waals surface area (Å²) in [5.74, 6) is -0.698. The molecule has 0 radical (unpaired) electrons. The van der Waals surface area contributed by atoms with Crippen molar-refractivity contribution in [1.29, 1.82) is 0 Å². The first-order chi connectivity index (χ1) is 16.4. The van der Waals surface area contributed by atoms with E-state index < -0.39 is 0 Å². The van der Waals surface area contributed by atoms with Gasteiger partial charge in [-0.15, -0.1) is 0 Å². The minimum Gasteiger partial charge on any atom is -0.371 e. The summed E-state index contributed by atoms with van der Waals surface area (Å²) in [6.45, 7) is 6.13. The lowest BCUT2D eigenvalue weighted by atomic mass is 9.92. The molecular formula is C27H28N4O3. The third-order valence-electron chi connectivity index (χ3n) is 6.73. The zero-order valence-electron chi connectivity index (χ0n) is 20.0. The molecule has 5 rings (SSSR count). The number of carbonyl (C=O) groups is 2.